The molecule has 0 aromatic carbocycles. The lowest BCUT2D eigenvalue weighted by Crippen LogP contribution is -2.49. The molecule has 0 amide bonds. The summed E-state index contributed by atoms with van der Waals surface area (Å²) in [6, 6.07) is 4.28. The fourth-order valence-electron chi connectivity index (χ4n) is 1.59. The summed E-state index contributed by atoms with van der Waals surface area (Å²) in [4.78, 5) is 3.49. The molecule has 14 heavy (non-hydrogen) atoms. The molecule has 0 saturated heterocycles. The highest BCUT2D eigenvalue weighted by Crippen LogP contribution is 2.32. The van der Waals surface area contributed by atoms with E-state index >= 15 is 0 Å². The first-order chi connectivity index (χ1) is 6.52. The fraction of sp³-hybridized carbons (Fsp3) is 0.636. The van der Waals surface area contributed by atoms with Crippen molar-refractivity contribution in [2.75, 3.05) is 14.1 Å². The lowest BCUT2D eigenvalue weighted by atomic mass is 9.87. The quantitative estimate of drug-likeness (QED) is 0.831. The van der Waals surface area contributed by atoms with Crippen molar-refractivity contribution in [1.82, 2.24) is 4.90 Å². The van der Waals surface area contributed by atoms with Gasteiger partial charge in [0, 0.05) is 10.4 Å². The van der Waals surface area contributed by atoms with E-state index in [-0.39, 0.29) is 11.6 Å². The van der Waals surface area contributed by atoms with Crippen LogP contribution in [0.25, 0.3) is 0 Å². The third kappa shape index (κ3) is 2.00. The molecule has 0 spiro atoms. The Balaban J connectivity index is 2.90. The Morgan fingerprint density at radius 3 is 2.57 bits per heavy atom. The zero-order chi connectivity index (χ0) is 10.8. The van der Waals surface area contributed by atoms with Crippen LogP contribution in [0.1, 0.15) is 31.2 Å². The van der Waals surface area contributed by atoms with E-state index in [1.54, 1.807) is 11.3 Å². The minimum atomic E-state index is 0.0465. The molecule has 0 fully saturated rings. The van der Waals surface area contributed by atoms with Gasteiger partial charge in [0.1, 0.15) is 0 Å². The highest BCUT2D eigenvalue weighted by Gasteiger charge is 2.33. The van der Waals surface area contributed by atoms with Crippen LogP contribution in [0, 0.1) is 0 Å². The third-order valence-corrected chi connectivity index (χ3v) is 4.21. The lowest BCUT2D eigenvalue weighted by Gasteiger charge is -2.40. The molecular weight excluding hydrogens is 192 g/mol. The van der Waals surface area contributed by atoms with Gasteiger partial charge >= 0.3 is 0 Å². The van der Waals surface area contributed by atoms with Crippen LogP contribution in [0.4, 0.5) is 0 Å². The molecule has 0 radical (unpaired) electrons. The second-order valence-electron chi connectivity index (χ2n) is 4.10. The van der Waals surface area contributed by atoms with Gasteiger partial charge < -0.3 is 10.6 Å². The Bertz CT molecular complexity index is 269. The Kier molecular flexibility index (Phi) is 3.70. The standard InChI is InChI=1S/C11H20N2S/c1-5-11(2,13(3)4)10(12)9-7-6-8-14-9/h6-8,10H,5,12H2,1-4H3. The fourth-order valence-corrected chi connectivity index (χ4v) is 2.46. The summed E-state index contributed by atoms with van der Waals surface area (Å²) in [5.74, 6) is 0. The van der Waals surface area contributed by atoms with Gasteiger partial charge in [0.2, 0.25) is 0 Å². The van der Waals surface area contributed by atoms with Crippen molar-refractivity contribution in [1.29, 1.82) is 0 Å². The molecule has 80 valence electrons. The number of thiophene rings is 1. The Morgan fingerprint density at radius 2 is 2.21 bits per heavy atom. The highest BCUT2D eigenvalue weighted by molar-refractivity contribution is 7.10. The maximum Gasteiger partial charge on any atom is 0.0573 e. The van der Waals surface area contributed by atoms with E-state index in [1.807, 2.05) is 0 Å². The molecule has 2 N–H and O–H groups in total. The topological polar surface area (TPSA) is 29.3 Å². The average Bonchev–Trinajstić information content (AvgIpc) is 2.67. The number of likely N-dealkylation sites (N-methyl/N-ethyl adjacent to an activating group) is 1. The molecule has 1 aromatic heterocycles. The minimum Gasteiger partial charge on any atom is -0.322 e. The van der Waals surface area contributed by atoms with Crippen molar-refractivity contribution in [3.63, 3.8) is 0 Å². The molecule has 0 aliphatic rings. The molecule has 2 atom stereocenters. The summed E-state index contributed by atoms with van der Waals surface area (Å²) in [6.07, 6.45) is 1.05. The van der Waals surface area contributed by atoms with E-state index in [4.69, 9.17) is 5.73 Å². The van der Waals surface area contributed by atoms with Crippen LogP contribution >= 0.6 is 11.3 Å². The van der Waals surface area contributed by atoms with Crippen LogP contribution in [0.2, 0.25) is 0 Å². The Hall–Kier alpha value is -0.380. The zero-order valence-corrected chi connectivity index (χ0v) is 10.3. The van der Waals surface area contributed by atoms with Gasteiger partial charge in [-0.1, -0.05) is 13.0 Å². The van der Waals surface area contributed by atoms with E-state index in [1.165, 1.54) is 4.88 Å². The first-order valence-corrected chi connectivity index (χ1v) is 5.86. The van der Waals surface area contributed by atoms with E-state index in [9.17, 15) is 0 Å². The number of hydrogen-bond acceptors (Lipinski definition) is 3. The summed E-state index contributed by atoms with van der Waals surface area (Å²) < 4.78 is 0. The largest absolute Gasteiger partial charge is 0.322 e. The average molecular weight is 212 g/mol. The van der Waals surface area contributed by atoms with Crippen molar-refractivity contribution in [3.8, 4) is 0 Å². The van der Waals surface area contributed by atoms with Gasteiger partial charge in [0.25, 0.3) is 0 Å². The maximum absolute atomic E-state index is 6.30. The highest BCUT2D eigenvalue weighted by atomic mass is 32.1. The molecule has 0 saturated carbocycles. The lowest BCUT2D eigenvalue weighted by molar-refractivity contribution is 0.133. The molecule has 0 aliphatic heterocycles. The van der Waals surface area contributed by atoms with Crippen molar-refractivity contribution < 1.29 is 0 Å². The Morgan fingerprint density at radius 1 is 1.57 bits per heavy atom. The predicted molar refractivity (Wildman–Crippen MR) is 63.6 cm³/mol. The van der Waals surface area contributed by atoms with Crippen LogP contribution in [0.15, 0.2) is 17.5 Å². The smallest absolute Gasteiger partial charge is 0.0573 e. The Labute approximate surface area is 90.7 Å². The van der Waals surface area contributed by atoms with Gasteiger partial charge in [0.15, 0.2) is 0 Å². The number of hydrogen-bond donors (Lipinski definition) is 1. The van der Waals surface area contributed by atoms with Crippen LogP contribution in [-0.4, -0.2) is 24.5 Å². The van der Waals surface area contributed by atoms with Gasteiger partial charge in [-0.25, -0.2) is 0 Å². The summed E-state index contributed by atoms with van der Waals surface area (Å²) in [6.45, 7) is 4.41. The van der Waals surface area contributed by atoms with Crippen LogP contribution < -0.4 is 5.73 Å². The molecule has 3 heteroatoms. The van der Waals surface area contributed by atoms with Crippen molar-refractivity contribution in [2.45, 2.75) is 31.8 Å². The van der Waals surface area contributed by atoms with Crippen molar-refractivity contribution >= 4 is 11.3 Å². The third-order valence-electron chi connectivity index (χ3n) is 3.26. The second kappa shape index (κ2) is 4.43. The minimum absolute atomic E-state index is 0.0465. The van der Waals surface area contributed by atoms with Gasteiger partial charge in [-0.3, -0.25) is 0 Å². The first kappa shape index (κ1) is 11.7. The molecule has 0 aliphatic carbocycles. The van der Waals surface area contributed by atoms with Crippen molar-refractivity contribution in [2.24, 2.45) is 5.73 Å². The molecule has 1 heterocycles. The normalized spacial score (nSPS) is 18.1. The maximum atomic E-state index is 6.30. The van der Waals surface area contributed by atoms with E-state index < -0.39 is 0 Å². The van der Waals surface area contributed by atoms with Gasteiger partial charge in [-0.2, -0.15) is 0 Å². The first-order valence-electron chi connectivity index (χ1n) is 4.98. The molecule has 2 unspecified atom stereocenters. The summed E-state index contributed by atoms with van der Waals surface area (Å²) in [5.41, 5.74) is 6.34. The van der Waals surface area contributed by atoms with Crippen LogP contribution in [0.3, 0.4) is 0 Å². The number of rotatable bonds is 4. The van der Waals surface area contributed by atoms with E-state index in [0.717, 1.165) is 6.42 Å². The number of nitrogens with zero attached hydrogens (tertiary/aromatic N) is 1. The van der Waals surface area contributed by atoms with E-state index in [2.05, 4.69) is 50.4 Å². The molecule has 1 rings (SSSR count). The molecule has 0 bridgehead atoms. The van der Waals surface area contributed by atoms with Gasteiger partial charge in [-0.15, -0.1) is 11.3 Å². The van der Waals surface area contributed by atoms with Gasteiger partial charge in [0.05, 0.1) is 6.04 Å². The van der Waals surface area contributed by atoms with E-state index in [0.29, 0.717) is 0 Å². The van der Waals surface area contributed by atoms with Crippen molar-refractivity contribution in [3.05, 3.63) is 22.4 Å². The second-order valence-corrected chi connectivity index (χ2v) is 5.08. The van der Waals surface area contributed by atoms with Crippen LogP contribution in [-0.2, 0) is 0 Å². The SMILES string of the molecule is CCC(C)(C(N)c1cccs1)N(C)C. The summed E-state index contributed by atoms with van der Waals surface area (Å²) in [5, 5.41) is 2.08. The monoisotopic (exact) mass is 212 g/mol. The molecular formula is C11H20N2S. The predicted octanol–water partition coefficient (Wildman–Crippen LogP) is 2.48. The summed E-state index contributed by atoms with van der Waals surface area (Å²) in [7, 11) is 4.19. The molecule has 1 aromatic rings. The van der Waals surface area contributed by atoms with Gasteiger partial charge in [-0.05, 0) is 38.9 Å². The zero-order valence-electron chi connectivity index (χ0n) is 9.45. The summed E-state index contributed by atoms with van der Waals surface area (Å²) >= 11 is 1.74. The van der Waals surface area contributed by atoms with Crippen LogP contribution in [0.5, 0.6) is 0 Å². The number of nitrogens with two attached hydrogens (primary N) is 1. The molecule has 2 nitrogen and oxygen atoms in total.